The van der Waals surface area contributed by atoms with E-state index >= 15 is 0 Å². The van der Waals surface area contributed by atoms with E-state index in [2.05, 4.69) is 46.5 Å². The van der Waals surface area contributed by atoms with Gasteiger partial charge in [-0.15, -0.1) is 0 Å². The van der Waals surface area contributed by atoms with Crippen LogP contribution in [-0.2, 0) is 19.5 Å². The van der Waals surface area contributed by atoms with Crippen molar-refractivity contribution in [3.8, 4) is 11.5 Å². The summed E-state index contributed by atoms with van der Waals surface area (Å²) < 4.78 is 14.2. The van der Waals surface area contributed by atoms with Gasteiger partial charge in [0.1, 0.15) is 23.9 Å². The highest BCUT2D eigenvalue weighted by molar-refractivity contribution is 5.28. The lowest BCUT2D eigenvalue weighted by atomic mass is 9.96. The normalized spacial score (nSPS) is 18.8. The van der Waals surface area contributed by atoms with Crippen molar-refractivity contribution in [1.82, 2.24) is 14.5 Å². The Bertz CT molecular complexity index is 1050. The van der Waals surface area contributed by atoms with E-state index in [4.69, 9.17) is 9.47 Å². The standard InChI is InChI=1S/C29H39N3O3/c1-3-28-30-15-19-32(28)17-6-20-34-27-8-4-7-25(21-27)22-31-16-5-13-29(33,14-18-31)23-35-26-11-9-24(2)10-12-26/h4,7-12,15,19,21,33H,3,5-6,13-14,16-18,20,22-23H2,1-2H3/t29-/m1/s1. The van der Waals surface area contributed by atoms with E-state index in [1.807, 2.05) is 42.7 Å². The Labute approximate surface area is 209 Å². The van der Waals surface area contributed by atoms with Gasteiger partial charge in [-0.3, -0.25) is 4.90 Å². The molecule has 2 aromatic carbocycles. The van der Waals surface area contributed by atoms with E-state index in [9.17, 15) is 5.11 Å². The molecule has 1 saturated heterocycles. The van der Waals surface area contributed by atoms with Crippen LogP contribution >= 0.6 is 0 Å². The molecule has 3 aromatic rings. The van der Waals surface area contributed by atoms with Gasteiger partial charge in [-0.1, -0.05) is 36.8 Å². The van der Waals surface area contributed by atoms with Gasteiger partial charge in [-0.25, -0.2) is 4.98 Å². The molecule has 0 unspecified atom stereocenters. The zero-order valence-corrected chi connectivity index (χ0v) is 21.2. The van der Waals surface area contributed by atoms with Crippen LogP contribution in [0.3, 0.4) is 0 Å². The maximum atomic E-state index is 11.1. The molecule has 0 saturated carbocycles. The van der Waals surface area contributed by atoms with Crippen LogP contribution in [0.2, 0.25) is 0 Å². The van der Waals surface area contributed by atoms with E-state index in [0.717, 1.165) is 69.2 Å². The lowest BCUT2D eigenvalue weighted by Gasteiger charge is -2.27. The van der Waals surface area contributed by atoms with Crippen LogP contribution in [0, 0.1) is 6.92 Å². The minimum absolute atomic E-state index is 0.339. The Morgan fingerprint density at radius 1 is 1.03 bits per heavy atom. The number of aromatic nitrogens is 2. The molecule has 1 fully saturated rings. The summed E-state index contributed by atoms with van der Waals surface area (Å²) in [6.07, 6.45) is 8.23. The summed E-state index contributed by atoms with van der Waals surface area (Å²) in [4.78, 5) is 6.80. The first-order valence-electron chi connectivity index (χ1n) is 12.9. The number of ether oxygens (including phenoxy) is 2. The van der Waals surface area contributed by atoms with Crippen molar-refractivity contribution in [2.45, 2.75) is 64.6 Å². The first-order valence-corrected chi connectivity index (χ1v) is 12.9. The summed E-state index contributed by atoms with van der Waals surface area (Å²) in [5.74, 6) is 2.86. The van der Waals surface area contributed by atoms with Crippen molar-refractivity contribution in [2.24, 2.45) is 0 Å². The molecule has 0 radical (unpaired) electrons. The number of hydrogen-bond donors (Lipinski definition) is 1. The molecule has 4 rings (SSSR count). The summed E-state index contributed by atoms with van der Waals surface area (Å²) >= 11 is 0. The van der Waals surface area contributed by atoms with E-state index < -0.39 is 5.60 Å². The molecule has 2 heterocycles. The van der Waals surface area contributed by atoms with Gasteiger partial charge in [0, 0.05) is 38.4 Å². The Morgan fingerprint density at radius 2 is 1.89 bits per heavy atom. The number of rotatable bonds is 11. The number of aliphatic hydroxyl groups is 1. The fourth-order valence-corrected chi connectivity index (χ4v) is 4.66. The largest absolute Gasteiger partial charge is 0.494 e. The maximum absolute atomic E-state index is 11.1. The molecule has 1 aliphatic rings. The topological polar surface area (TPSA) is 59.8 Å². The number of benzene rings is 2. The van der Waals surface area contributed by atoms with Crippen LogP contribution in [0.1, 0.15) is 49.6 Å². The van der Waals surface area contributed by atoms with Crippen molar-refractivity contribution in [3.63, 3.8) is 0 Å². The highest BCUT2D eigenvalue weighted by Crippen LogP contribution is 2.25. The number of aryl methyl sites for hydroxylation is 3. The molecule has 0 aliphatic carbocycles. The number of likely N-dealkylation sites (tertiary alicyclic amines) is 1. The molecule has 1 atom stereocenters. The molecule has 1 N–H and O–H groups in total. The van der Waals surface area contributed by atoms with Crippen LogP contribution in [0.15, 0.2) is 60.9 Å². The summed E-state index contributed by atoms with van der Waals surface area (Å²) in [7, 11) is 0. The van der Waals surface area contributed by atoms with Crippen molar-refractivity contribution in [1.29, 1.82) is 0 Å². The second-order valence-corrected chi connectivity index (χ2v) is 9.70. The lowest BCUT2D eigenvalue weighted by Crippen LogP contribution is -2.37. The third-order valence-corrected chi connectivity index (χ3v) is 6.77. The van der Waals surface area contributed by atoms with E-state index in [-0.39, 0.29) is 0 Å². The van der Waals surface area contributed by atoms with Crippen molar-refractivity contribution >= 4 is 0 Å². The first kappa shape index (κ1) is 25.3. The van der Waals surface area contributed by atoms with Crippen molar-refractivity contribution in [2.75, 3.05) is 26.3 Å². The summed E-state index contributed by atoms with van der Waals surface area (Å²) in [5.41, 5.74) is 1.67. The van der Waals surface area contributed by atoms with Crippen LogP contribution in [0.4, 0.5) is 0 Å². The monoisotopic (exact) mass is 477 g/mol. The summed E-state index contributed by atoms with van der Waals surface area (Å²) in [5, 5.41) is 11.1. The smallest absolute Gasteiger partial charge is 0.119 e. The van der Waals surface area contributed by atoms with Crippen LogP contribution in [0.25, 0.3) is 0 Å². The minimum Gasteiger partial charge on any atom is -0.494 e. The SMILES string of the molecule is CCc1nccn1CCCOc1cccc(CN2CCC[C@](O)(COc3ccc(C)cc3)CC2)c1. The minimum atomic E-state index is -0.780. The Hall–Kier alpha value is -2.83. The molecule has 0 spiro atoms. The highest BCUT2D eigenvalue weighted by Gasteiger charge is 2.31. The van der Waals surface area contributed by atoms with Gasteiger partial charge < -0.3 is 19.1 Å². The van der Waals surface area contributed by atoms with Crippen molar-refractivity contribution < 1.29 is 14.6 Å². The van der Waals surface area contributed by atoms with Gasteiger partial charge in [0.15, 0.2) is 0 Å². The zero-order chi connectivity index (χ0) is 24.5. The van der Waals surface area contributed by atoms with Crippen LogP contribution < -0.4 is 9.47 Å². The quantitative estimate of drug-likeness (QED) is 0.393. The molecule has 35 heavy (non-hydrogen) atoms. The predicted molar refractivity (Wildman–Crippen MR) is 139 cm³/mol. The molecule has 0 amide bonds. The molecule has 6 nitrogen and oxygen atoms in total. The second kappa shape index (κ2) is 12.2. The second-order valence-electron chi connectivity index (χ2n) is 9.70. The molecular formula is C29H39N3O3. The molecule has 188 valence electrons. The van der Waals surface area contributed by atoms with Gasteiger partial charge in [0.25, 0.3) is 0 Å². The Kier molecular flexibility index (Phi) is 8.83. The fraction of sp³-hybridized carbons (Fsp3) is 0.483. The lowest BCUT2D eigenvalue weighted by molar-refractivity contribution is -0.0168. The van der Waals surface area contributed by atoms with E-state index in [1.54, 1.807) is 0 Å². The summed E-state index contributed by atoms with van der Waals surface area (Å²) in [6.45, 7) is 8.82. The molecule has 6 heteroatoms. The van der Waals surface area contributed by atoms with E-state index in [0.29, 0.717) is 19.6 Å². The van der Waals surface area contributed by atoms with Gasteiger partial charge in [-0.2, -0.15) is 0 Å². The van der Waals surface area contributed by atoms with Crippen LogP contribution in [-0.4, -0.2) is 51.5 Å². The van der Waals surface area contributed by atoms with Gasteiger partial charge in [0.2, 0.25) is 0 Å². The maximum Gasteiger partial charge on any atom is 0.119 e. The first-order chi connectivity index (χ1) is 17.0. The van der Waals surface area contributed by atoms with Crippen LogP contribution in [0.5, 0.6) is 11.5 Å². The average molecular weight is 478 g/mol. The molecule has 1 aromatic heterocycles. The van der Waals surface area contributed by atoms with E-state index in [1.165, 1.54) is 11.1 Å². The molecule has 0 bridgehead atoms. The fourth-order valence-electron chi connectivity index (χ4n) is 4.66. The molecule has 1 aliphatic heterocycles. The Morgan fingerprint density at radius 3 is 2.71 bits per heavy atom. The van der Waals surface area contributed by atoms with Crippen molar-refractivity contribution in [3.05, 3.63) is 77.9 Å². The number of nitrogens with zero attached hydrogens (tertiary/aromatic N) is 3. The van der Waals surface area contributed by atoms with Gasteiger partial charge in [-0.05, 0) is 69.0 Å². The third-order valence-electron chi connectivity index (χ3n) is 6.77. The Balaban J connectivity index is 1.22. The zero-order valence-electron chi connectivity index (χ0n) is 21.2. The number of hydrogen-bond acceptors (Lipinski definition) is 5. The predicted octanol–water partition coefficient (Wildman–Crippen LogP) is 5.02. The number of imidazole rings is 1. The third kappa shape index (κ3) is 7.58. The summed E-state index contributed by atoms with van der Waals surface area (Å²) in [6, 6.07) is 16.4. The highest BCUT2D eigenvalue weighted by atomic mass is 16.5. The average Bonchev–Trinajstić information content (AvgIpc) is 3.24. The van der Waals surface area contributed by atoms with Gasteiger partial charge >= 0.3 is 0 Å². The molecular weight excluding hydrogens is 438 g/mol. The van der Waals surface area contributed by atoms with Gasteiger partial charge in [0.05, 0.1) is 12.2 Å².